The number of rotatable bonds is 21. The second kappa shape index (κ2) is 20.1. The van der Waals surface area contributed by atoms with Crippen LogP contribution < -0.4 is 56.1 Å². The number of carbonyl (C=O) groups is 5. The average Bonchev–Trinajstić information content (AvgIpc) is 2.87. The standard InChI is InChI=1S/C22H43N13O7/c23-11(10-15(36)37)16(38)33-12(4-1-7-30-20(24)25)17(39)34-13(5-2-8-31-21(26)27)18(40)35-14(19(41)42)6-3-9-32-22(28)29/h11-14H,1-10,23H2,(H,33,38)(H,34,39)(H,35,40)(H,36,37)(H,41,42)(H4,24,25,30)(H4,26,27,31)(H4,28,29,32). The molecule has 3 amide bonds. The number of hydrogen-bond donors (Lipinski definition) is 12. The van der Waals surface area contributed by atoms with Crippen LogP contribution in [0.2, 0.25) is 0 Å². The van der Waals surface area contributed by atoms with Crippen molar-refractivity contribution in [2.75, 3.05) is 19.6 Å². The van der Waals surface area contributed by atoms with Crippen LogP contribution in [0, 0.1) is 0 Å². The highest BCUT2D eigenvalue weighted by atomic mass is 16.4. The van der Waals surface area contributed by atoms with E-state index in [2.05, 4.69) is 30.9 Å². The Balaban J connectivity index is 5.80. The van der Waals surface area contributed by atoms with E-state index in [1.54, 1.807) is 0 Å². The molecule has 0 rings (SSSR count). The Bertz CT molecular complexity index is 1010. The first-order valence-corrected chi connectivity index (χ1v) is 12.9. The minimum Gasteiger partial charge on any atom is -0.481 e. The molecule has 0 saturated carbocycles. The Morgan fingerprint density at radius 1 is 0.571 bits per heavy atom. The zero-order chi connectivity index (χ0) is 32.2. The van der Waals surface area contributed by atoms with Crippen LogP contribution in [-0.2, 0) is 24.0 Å². The highest BCUT2D eigenvalue weighted by Crippen LogP contribution is 2.06. The molecule has 0 aromatic rings. The lowest BCUT2D eigenvalue weighted by Gasteiger charge is -2.25. The summed E-state index contributed by atoms with van der Waals surface area (Å²) in [4.78, 5) is 72.9. The van der Waals surface area contributed by atoms with Gasteiger partial charge in [0.1, 0.15) is 18.1 Å². The zero-order valence-electron chi connectivity index (χ0n) is 23.2. The molecular formula is C22H43N13O7. The third-order valence-electron chi connectivity index (χ3n) is 5.45. The van der Waals surface area contributed by atoms with E-state index in [-0.39, 0.29) is 76.0 Å². The Labute approximate surface area is 242 Å². The quantitative estimate of drug-likeness (QED) is 0.0331. The molecule has 42 heavy (non-hydrogen) atoms. The predicted molar refractivity (Wildman–Crippen MR) is 153 cm³/mol. The number of carboxylic acid groups (broad SMARTS) is 2. The Morgan fingerprint density at radius 2 is 0.905 bits per heavy atom. The first-order valence-electron chi connectivity index (χ1n) is 12.9. The number of guanidine groups is 3. The van der Waals surface area contributed by atoms with Gasteiger partial charge in [-0.05, 0) is 38.5 Å². The molecule has 20 nitrogen and oxygen atoms in total. The maximum Gasteiger partial charge on any atom is 0.326 e. The van der Waals surface area contributed by atoms with Crippen LogP contribution in [0.1, 0.15) is 44.9 Å². The van der Waals surface area contributed by atoms with Gasteiger partial charge in [0.25, 0.3) is 0 Å². The van der Waals surface area contributed by atoms with Crippen LogP contribution >= 0.6 is 0 Å². The molecule has 0 fully saturated rings. The van der Waals surface area contributed by atoms with Crippen molar-refractivity contribution in [3.8, 4) is 0 Å². The number of carboxylic acids is 2. The van der Waals surface area contributed by atoms with Gasteiger partial charge in [0.05, 0.1) is 12.5 Å². The van der Waals surface area contributed by atoms with Gasteiger partial charge in [-0.3, -0.25) is 34.2 Å². The van der Waals surface area contributed by atoms with Gasteiger partial charge in [-0.1, -0.05) is 0 Å². The summed E-state index contributed by atoms with van der Waals surface area (Å²) in [5.74, 6) is -5.75. The second-order valence-electron chi connectivity index (χ2n) is 9.07. The summed E-state index contributed by atoms with van der Waals surface area (Å²) in [6, 6.07) is -5.32. The van der Waals surface area contributed by atoms with E-state index < -0.39 is 60.2 Å². The van der Waals surface area contributed by atoms with E-state index in [0.717, 1.165) is 0 Å². The SMILES string of the molecule is NC(N)=NCCCC(NC(=O)C(CCCN=C(N)N)NC(=O)C(CCCN=C(N)N)NC(=O)C(N)CC(=O)O)C(=O)O. The van der Waals surface area contributed by atoms with Gasteiger partial charge in [0.15, 0.2) is 17.9 Å². The number of aliphatic imine (C=N–C) groups is 3. The van der Waals surface area contributed by atoms with Crippen LogP contribution in [0.5, 0.6) is 0 Å². The molecule has 4 atom stereocenters. The molecule has 0 spiro atoms. The lowest BCUT2D eigenvalue weighted by atomic mass is 10.1. The zero-order valence-corrected chi connectivity index (χ0v) is 23.2. The van der Waals surface area contributed by atoms with Gasteiger partial charge < -0.3 is 66.3 Å². The predicted octanol–water partition coefficient (Wildman–Crippen LogP) is -5.51. The smallest absolute Gasteiger partial charge is 0.326 e. The fraction of sp³-hybridized carbons (Fsp3) is 0.636. The van der Waals surface area contributed by atoms with E-state index in [9.17, 15) is 29.1 Å². The van der Waals surface area contributed by atoms with Crippen molar-refractivity contribution in [3.63, 3.8) is 0 Å². The molecule has 0 radical (unpaired) electrons. The first-order chi connectivity index (χ1) is 19.6. The summed E-state index contributed by atoms with van der Waals surface area (Å²) in [6.07, 6.45) is -0.0779. The number of carbonyl (C=O) groups excluding carboxylic acids is 3. The van der Waals surface area contributed by atoms with Crippen molar-refractivity contribution in [1.82, 2.24) is 16.0 Å². The van der Waals surface area contributed by atoms with Gasteiger partial charge in [-0.2, -0.15) is 0 Å². The maximum absolute atomic E-state index is 13.2. The molecular weight excluding hydrogens is 558 g/mol. The lowest BCUT2D eigenvalue weighted by Crippen LogP contribution is -2.57. The molecule has 0 heterocycles. The largest absolute Gasteiger partial charge is 0.481 e. The topological polar surface area (TPSA) is 381 Å². The van der Waals surface area contributed by atoms with E-state index in [4.69, 9.17) is 45.2 Å². The highest BCUT2D eigenvalue weighted by molar-refractivity contribution is 5.94. The third-order valence-corrected chi connectivity index (χ3v) is 5.45. The highest BCUT2D eigenvalue weighted by Gasteiger charge is 2.30. The van der Waals surface area contributed by atoms with Crippen molar-refractivity contribution < 1.29 is 34.2 Å². The number of hydrogen-bond acceptors (Lipinski definition) is 9. The second-order valence-corrected chi connectivity index (χ2v) is 9.07. The lowest BCUT2D eigenvalue weighted by molar-refractivity contribution is -0.142. The van der Waals surface area contributed by atoms with E-state index in [1.165, 1.54) is 0 Å². The van der Waals surface area contributed by atoms with Crippen LogP contribution in [0.25, 0.3) is 0 Å². The molecule has 0 aromatic carbocycles. The van der Waals surface area contributed by atoms with Crippen molar-refractivity contribution >= 4 is 47.5 Å². The summed E-state index contributed by atoms with van der Waals surface area (Å²) < 4.78 is 0. The number of nitrogens with two attached hydrogens (primary N) is 7. The average molecular weight is 602 g/mol. The maximum atomic E-state index is 13.2. The van der Waals surface area contributed by atoms with Crippen molar-refractivity contribution in [2.45, 2.75) is 69.1 Å². The number of amides is 3. The summed E-state index contributed by atoms with van der Waals surface area (Å²) in [6.45, 7) is 0.337. The minimum absolute atomic E-state index is 0.0120. The van der Waals surface area contributed by atoms with Crippen molar-refractivity contribution in [3.05, 3.63) is 0 Å². The summed E-state index contributed by atoms with van der Waals surface area (Å²) in [7, 11) is 0. The number of nitrogens with one attached hydrogen (secondary N) is 3. The van der Waals surface area contributed by atoms with Gasteiger partial charge in [-0.25, -0.2) is 4.79 Å². The molecule has 0 aliphatic rings. The Hall–Kier alpha value is -4.88. The van der Waals surface area contributed by atoms with E-state index >= 15 is 0 Å². The monoisotopic (exact) mass is 601 g/mol. The van der Waals surface area contributed by atoms with Gasteiger partial charge in [0.2, 0.25) is 17.7 Å². The Kier molecular flexibility index (Phi) is 17.7. The van der Waals surface area contributed by atoms with Gasteiger partial charge >= 0.3 is 11.9 Å². The van der Waals surface area contributed by atoms with Crippen LogP contribution in [0.3, 0.4) is 0 Å². The molecule has 20 heteroatoms. The van der Waals surface area contributed by atoms with Crippen LogP contribution in [0.4, 0.5) is 0 Å². The molecule has 19 N–H and O–H groups in total. The van der Waals surface area contributed by atoms with Crippen LogP contribution in [-0.4, -0.2) is 102 Å². The van der Waals surface area contributed by atoms with Crippen molar-refractivity contribution in [2.24, 2.45) is 55.1 Å². The van der Waals surface area contributed by atoms with E-state index in [0.29, 0.717) is 0 Å². The molecule has 238 valence electrons. The molecule has 4 unspecified atom stereocenters. The fourth-order valence-corrected chi connectivity index (χ4v) is 3.41. The summed E-state index contributed by atoms with van der Waals surface area (Å²) in [5, 5.41) is 25.7. The third kappa shape index (κ3) is 17.7. The number of aliphatic carboxylic acids is 2. The van der Waals surface area contributed by atoms with Gasteiger partial charge in [-0.15, -0.1) is 0 Å². The normalized spacial score (nSPS) is 13.3. The van der Waals surface area contributed by atoms with Crippen molar-refractivity contribution in [1.29, 1.82) is 0 Å². The number of nitrogens with zero attached hydrogens (tertiary/aromatic N) is 3. The molecule has 0 aliphatic heterocycles. The minimum atomic E-state index is -1.45. The fourth-order valence-electron chi connectivity index (χ4n) is 3.41. The van der Waals surface area contributed by atoms with Gasteiger partial charge in [0, 0.05) is 19.6 Å². The molecule has 0 aliphatic carbocycles. The van der Waals surface area contributed by atoms with Crippen LogP contribution in [0.15, 0.2) is 15.0 Å². The molecule has 0 bridgehead atoms. The molecule has 0 saturated heterocycles. The molecule has 0 aromatic heterocycles. The first kappa shape index (κ1) is 37.1. The summed E-state index contributed by atoms with van der Waals surface area (Å²) >= 11 is 0. The van der Waals surface area contributed by atoms with E-state index in [1.807, 2.05) is 0 Å². The Morgan fingerprint density at radius 3 is 1.24 bits per heavy atom. The summed E-state index contributed by atoms with van der Waals surface area (Å²) in [5.41, 5.74) is 37.4.